The summed E-state index contributed by atoms with van der Waals surface area (Å²) in [7, 11) is -0.470. The molecule has 2 aliphatic heterocycles. The van der Waals surface area contributed by atoms with E-state index in [0.717, 1.165) is 31.5 Å². The summed E-state index contributed by atoms with van der Waals surface area (Å²) in [5.74, 6) is 1.28. The first kappa shape index (κ1) is 22.2. The molecule has 1 amide bonds. The molecule has 6 nitrogen and oxygen atoms in total. The van der Waals surface area contributed by atoms with Crippen molar-refractivity contribution < 1.29 is 18.8 Å². The SMILES string of the molecule is Cc1ccc(C[C@H](NC(=O)OC[C@H]2CCNC2)B2O[C@@H]3C[C@@H]4C[C@@H](C4(C)C)[C@]3(C)O2)cc1. The Bertz CT molecular complexity index is 841. The van der Waals surface area contributed by atoms with Gasteiger partial charge in [0.2, 0.25) is 0 Å². The van der Waals surface area contributed by atoms with Crippen LogP contribution in [0.1, 0.15) is 51.2 Å². The summed E-state index contributed by atoms with van der Waals surface area (Å²) in [6, 6.07) is 8.44. The van der Waals surface area contributed by atoms with Gasteiger partial charge in [-0.1, -0.05) is 43.7 Å². The summed E-state index contributed by atoms with van der Waals surface area (Å²) in [6.45, 7) is 11.4. The molecule has 0 unspecified atom stereocenters. The number of nitrogens with one attached hydrogen (secondary N) is 2. The number of alkyl carbamates (subject to hydrolysis) is 1. The summed E-state index contributed by atoms with van der Waals surface area (Å²) in [4.78, 5) is 12.7. The number of amides is 1. The van der Waals surface area contributed by atoms with Gasteiger partial charge in [-0.05, 0) is 68.9 Å². The van der Waals surface area contributed by atoms with Crippen LogP contribution >= 0.6 is 0 Å². The Balaban J connectivity index is 1.29. The molecule has 7 heteroatoms. The van der Waals surface area contributed by atoms with Gasteiger partial charge in [-0.2, -0.15) is 0 Å². The fourth-order valence-electron chi connectivity index (χ4n) is 6.51. The van der Waals surface area contributed by atoms with Crippen LogP contribution in [-0.4, -0.2) is 50.6 Å². The summed E-state index contributed by atoms with van der Waals surface area (Å²) >= 11 is 0. The first-order valence-corrected chi connectivity index (χ1v) is 12.3. The highest BCUT2D eigenvalue weighted by Crippen LogP contribution is 2.65. The van der Waals surface area contributed by atoms with Crippen molar-refractivity contribution in [3.05, 3.63) is 35.4 Å². The number of benzene rings is 1. The van der Waals surface area contributed by atoms with Gasteiger partial charge in [0.05, 0.1) is 24.3 Å². The first-order valence-electron chi connectivity index (χ1n) is 12.3. The minimum atomic E-state index is -0.470. The van der Waals surface area contributed by atoms with Crippen LogP contribution in [0.5, 0.6) is 0 Å². The lowest BCUT2D eigenvalue weighted by atomic mass is 9.43. The Morgan fingerprint density at radius 1 is 1.28 bits per heavy atom. The van der Waals surface area contributed by atoms with Crippen molar-refractivity contribution >= 4 is 13.2 Å². The second kappa shape index (κ2) is 8.34. The predicted molar refractivity (Wildman–Crippen MR) is 124 cm³/mol. The molecule has 0 radical (unpaired) electrons. The highest BCUT2D eigenvalue weighted by molar-refractivity contribution is 6.47. The lowest BCUT2D eigenvalue weighted by Gasteiger charge is -2.64. The molecule has 2 bridgehead atoms. The molecule has 2 saturated heterocycles. The minimum Gasteiger partial charge on any atom is -0.449 e. The Labute approximate surface area is 192 Å². The van der Waals surface area contributed by atoms with Gasteiger partial charge < -0.3 is 24.7 Å². The molecule has 0 spiro atoms. The van der Waals surface area contributed by atoms with Crippen LogP contribution in [0.4, 0.5) is 4.79 Å². The Kier molecular flexibility index (Phi) is 5.79. The van der Waals surface area contributed by atoms with E-state index in [1.165, 1.54) is 12.0 Å². The summed E-state index contributed by atoms with van der Waals surface area (Å²) in [5.41, 5.74) is 2.36. The third kappa shape index (κ3) is 3.97. The lowest BCUT2D eigenvalue weighted by molar-refractivity contribution is -0.199. The van der Waals surface area contributed by atoms with Crippen LogP contribution in [0, 0.1) is 30.1 Å². The van der Waals surface area contributed by atoms with E-state index in [9.17, 15) is 4.79 Å². The smallest absolute Gasteiger partial charge is 0.449 e. The molecule has 174 valence electrons. The van der Waals surface area contributed by atoms with E-state index in [0.29, 0.717) is 30.8 Å². The Morgan fingerprint density at radius 3 is 2.75 bits per heavy atom. The molecule has 2 N–H and O–H groups in total. The molecule has 1 aromatic rings. The van der Waals surface area contributed by atoms with Gasteiger partial charge in [0.15, 0.2) is 0 Å². The number of carbonyl (C=O) groups is 1. The molecule has 3 aliphatic carbocycles. The maximum atomic E-state index is 12.7. The maximum Gasteiger partial charge on any atom is 0.482 e. The van der Waals surface area contributed by atoms with Crippen LogP contribution in [0.15, 0.2) is 24.3 Å². The molecule has 6 rings (SSSR count). The van der Waals surface area contributed by atoms with Gasteiger partial charge in [0.25, 0.3) is 0 Å². The van der Waals surface area contributed by atoms with Crippen molar-refractivity contribution in [2.45, 2.75) is 71.0 Å². The second-order valence-corrected chi connectivity index (χ2v) is 11.2. The number of hydrogen-bond acceptors (Lipinski definition) is 5. The molecule has 2 heterocycles. The van der Waals surface area contributed by atoms with E-state index in [-0.39, 0.29) is 29.2 Å². The fraction of sp³-hybridized carbons (Fsp3) is 0.720. The van der Waals surface area contributed by atoms with Crippen molar-refractivity contribution in [2.75, 3.05) is 19.7 Å². The molecule has 32 heavy (non-hydrogen) atoms. The molecule has 0 aromatic heterocycles. The van der Waals surface area contributed by atoms with Gasteiger partial charge in [-0.25, -0.2) is 4.79 Å². The van der Waals surface area contributed by atoms with E-state index < -0.39 is 7.12 Å². The highest BCUT2D eigenvalue weighted by atomic mass is 16.7. The third-order valence-electron chi connectivity index (χ3n) is 8.79. The van der Waals surface area contributed by atoms with E-state index in [1.807, 2.05) is 0 Å². The largest absolute Gasteiger partial charge is 0.482 e. The molecule has 5 aliphatic rings. The van der Waals surface area contributed by atoms with Crippen LogP contribution < -0.4 is 10.6 Å². The molecular weight excluding hydrogens is 403 g/mol. The van der Waals surface area contributed by atoms with Gasteiger partial charge in [-0.15, -0.1) is 0 Å². The average Bonchev–Trinajstić information content (AvgIpc) is 3.39. The van der Waals surface area contributed by atoms with Crippen LogP contribution in [0.3, 0.4) is 0 Å². The topological polar surface area (TPSA) is 68.8 Å². The van der Waals surface area contributed by atoms with Gasteiger partial charge >= 0.3 is 13.2 Å². The van der Waals surface area contributed by atoms with Crippen molar-refractivity contribution in [1.82, 2.24) is 10.6 Å². The number of rotatable bonds is 6. The molecule has 1 aromatic carbocycles. The predicted octanol–water partition coefficient (Wildman–Crippen LogP) is 3.51. The normalized spacial score (nSPS) is 35.7. The summed E-state index contributed by atoms with van der Waals surface area (Å²) in [5, 5.41) is 6.40. The number of carbonyl (C=O) groups excluding carboxylic acids is 1. The van der Waals surface area contributed by atoms with E-state index in [2.05, 4.69) is 62.6 Å². The zero-order valence-corrected chi connectivity index (χ0v) is 19.9. The van der Waals surface area contributed by atoms with Crippen LogP contribution in [0.25, 0.3) is 0 Å². The summed E-state index contributed by atoms with van der Waals surface area (Å²) in [6.07, 6.45) is 3.65. The monoisotopic (exact) mass is 440 g/mol. The summed E-state index contributed by atoms with van der Waals surface area (Å²) < 4.78 is 18.7. The van der Waals surface area contributed by atoms with Crippen molar-refractivity contribution in [2.24, 2.45) is 23.2 Å². The molecular formula is C25H37BN2O4. The van der Waals surface area contributed by atoms with E-state index >= 15 is 0 Å². The lowest BCUT2D eigenvalue weighted by Crippen LogP contribution is -2.65. The molecule has 3 saturated carbocycles. The number of hydrogen-bond donors (Lipinski definition) is 2. The highest BCUT2D eigenvalue weighted by Gasteiger charge is 2.68. The number of ether oxygens (including phenoxy) is 1. The molecule has 6 atom stereocenters. The van der Waals surface area contributed by atoms with Gasteiger partial charge in [0.1, 0.15) is 0 Å². The van der Waals surface area contributed by atoms with Crippen molar-refractivity contribution in [1.29, 1.82) is 0 Å². The van der Waals surface area contributed by atoms with Crippen LogP contribution in [-0.2, 0) is 20.5 Å². The quantitative estimate of drug-likeness (QED) is 0.663. The molecule has 5 fully saturated rings. The standard InChI is InChI=1S/C25H37BN2O4/c1-16-5-7-17(8-6-16)11-22(28-23(29)30-15-18-9-10-27-14-18)26-31-21-13-19-12-20(24(19,2)3)25(21,4)32-26/h5-8,18-22,27H,9-15H2,1-4H3,(H,28,29)/t18-,19-,20-,21+,22-,25-/m0/s1. The van der Waals surface area contributed by atoms with Crippen molar-refractivity contribution in [3.63, 3.8) is 0 Å². The Morgan fingerprint density at radius 2 is 2.06 bits per heavy atom. The van der Waals surface area contributed by atoms with Crippen LogP contribution in [0.2, 0.25) is 0 Å². The zero-order chi connectivity index (χ0) is 22.5. The third-order valence-corrected chi connectivity index (χ3v) is 8.79. The average molecular weight is 440 g/mol. The Hall–Kier alpha value is -1.57. The van der Waals surface area contributed by atoms with Gasteiger partial charge in [-0.3, -0.25) is 0 Å². The second-order valence-electron chi connectivity index (χ2n) is 11.2. The van der Waals surface area contributed by atoms with Gasteiger partial charge in [0, 0.05) is 12.5 Å². The zero-order valence-electron chi connectivity index (χ0n) is 19.9. The minimum absolute atomic E-state index is 0.0900. The maximum absolute atomic E-state index is 12.7. The van der Waals surface area contributed by atoms with E-state index in [1.54, 1.807) is 0 Å². The van der Waals surface area contributed by atoms with Crippen molar-refractivity contribution in [3.8, 4) is 0 Å². The fourth-order valence-corrected chi connectivity index (χ4v) is 6.51. The van der Waals surface area contributed by atoms with E-state index in [4.69, 9.17) is 14.0 Å². The first-order chi connectivity index (χ1) is 15.3. The number of aryl methyl sites for hydroxylation is 1.